The van der Waals surface area contributed by atoms with Crippen LogP contribution in [0.3, 0.4) is 0 Å². The molecule has 0 saturated heterocycles. The molecule has 6 atom stereocenters. The van der Waals surface area contributed by atoms with E-state index in [-0.39, 0.29) is 0 Å². The summed E-state index contributed by atoms with van der Waals surface area (Å²) in [4.78, 5) is 0. The lowest BCUT2D eigenvalue weighted by atomic mass is 9.66. The summed E-state index contributed by atoms with van der Waals surface area (Å²) in [5.41, 5.74) is 3.34. The van der Waals surface area contributed by atoms with Crippen molar-refractivity contribution in [1.82, 2.24) is 0 Å². The fraction of sp³-hybridized carbons (Fsp3) is 0.793. The summed E-state index contributed by atoms with van der Waals surface area (Å²) in [6.45, 7) is 21.1. The van der Waals surface area contributed by atoms with Crippen molar-refractivity contribution in [3.63, 3.8) is 0 Å². The van der Waals surface area contributed by atoms with Crippen molar-refractivity contribution in [3.8, 4) is 0 Å². The van der Waals surface area contributed by atoms with E-state index in [1.54, 1.807) is 11.1 Å². The van der Waals surface area contributed by atoms with Crippen molar-refractivity contribution >= 4 is 0 Å². The van der Waals surface area contributed by atoms with Gasteiger partial charge in [-0.05, 0) is 92.8 Å². The number of hydrogen-bond acceptors (Lipinski definition) is 0. The number of allylic oxidation sites excluding steroid dienone is 5. The molecular formula is C29H50. The Kier molecular flexibility index (Phi) is 9.77. The molecule has 2 fully saturated rings. The van der Waals surface area contributed by atoms with Crippen LogP contribution < -0.4 is 0 Å². The van der Waals surface area contributed by atoms with Gasteiger partial charge in [-0.2, -0.15) is 0 Å². The first-order chi connectivity index (χ1) is 13.7. The zero-order chi connectivity index (χ0) is 21.6. The maximum Gasteiger partial charge on any atom is -0.0167 e. The summed E-state index contributed by atoms with van der Waals surface area (Å²) in [5, 5.41) is 0. The van der Waals surface area contributed by atoms with Gasteiger partial charge in [0, 0.05) is 0 Å². The molecule has 0 spiro atoms. The lowest BCUT2D eigenvalue weighted by Crippen LogP contribution is -2.29. The molecule has 0 radical (unpaired) electrons. The molecule has 0 heteroatoms. The third-order valence-corrected chi connectivity index (χ3v) is 8.34. The van der Waals surface area contributed by atoms with Crippen molar-refractivity contribution in [2.75, 3.05) is 0 Å². The average Bonchev–Trinajstić information content (AvgIpc) is 2.66. The van der Waals surface area contributed by atoms with Crippen molar-refractivity contribution in [3.05, 3.63) is 36.0 Å². The average molecular weight is 399 g/mol. The molecule has 166 valence electrons. The molecule has 0 nitrogen and oxygen atoms in total. The van der Waals surface area contributed by atoms with Crippen LogP contribution in [-0.4, -0.2) is 0 Å². The first-order valence-electron chi connectivity index (χ1n) is 12.7. The van der Waals surface area contributed by atoms with Crippen LogP contribution in [0.4, 0.5) is 0 Å². The van der Waals surface area contributed by atoms with E-state index in [2.05, 4.69) is 67.2 Å². The van der Waals surface area contributed by atoms with Crippen LogP contribution in [0.1, 0.15) is 99.8 Å². The smallest absolute Gasteiger partial charge is 0.0167 e. The lowest BCUT2D eigenvalue weighted by molar-refractivity contribution is 0.166. The molecule has 0 aliphatic heterocycles. The van der Waals surface area contributed by atoms with Crippen molar-refractivity contribution in [2.45, 2.75) is 99.8 Å². The van der Waals surface area contributed by atoms with E-state index in [1.807, 2.05) is 6.08 Å². The fourth-order valence-corrected chi connectivity index (χ4v) is 6.52. The Labute approximate surface area is 183 Å². The van der Waals surface area contributed by atoms with Crippen LogP contribution in [-0.2, 0) is 0 Å². The Morgan fingerprint density at radius 1 is 0.862 bits per heavy atom. The summed E-state index contributed by atoms with van der Waals surface area (Å²) in [6.07, 6.45) is 17.9. The zero-order valence-electron chi connectivity index (χ0n) is 20.7. The van der Waals surface area contributed by atoms with Gasteiger partial charge in [0.05, 0.1) is 0 Å². The second-order valence-electron chi connectivity index (χ2n) is 11.3. The van der Waals surface area contributed by atoms with Gasteiger partial charge in [0.25, 0.3) is 0 Å². The summed E-state index contributed by atoms with van der Waals surface area (Å²) in [6, 6.07) is 0. The van der Waals surface area contributed by atoms with Gasteiger partial charge in [0.2, 0.25) is 0 Å². The van der Waals surface area contributed by atoms with Crippen LogP contribution in [0.2, 0.25) is 0 Å². The molecular weight excluding hydrogens is 348 g/mol. The van der Waals surface area contributed by atoms with E-state index < -0.39 is 0 Å². The third-order valence-electron chi connectivity index (χ3n) is 8.34. The molecule has 0 amide bonds. The van der Waals surface area contributed by atoms with Crippen molar-refractivity contribution in [1.29, 1.82) is 0 Å². The van der Waals surface area contributed by atoms with E-state index in [0.717, 1.165) is 47.3 Å². The zero-order valence-corrected chi connectivity index (χ0v) is 20.7. The van der Waals surface area contributed by atoms with Gasteiger partial charge < -0.3 is 0 Å². The highest BCUT2D eigenvalue weighted by atomic mass is 14.4. The Morgan fingerprint density at radius 2 is 1.38 bits per heavy atom. The molecule has 29 heavy (non-hydrogen) atoms. The second-order valence-corrected chi connectivity index (χ2v) is 11.3. The SMILES string of the molecule is C=CC=C(CCC=C(C)C1CC(C)CCC1C(C)C)C1CC(C)CCC1C(C)C. The van der Waals surface area contributed by atoms with Gasteiger partial charge in [0.15, 0.2) is 0 Å². The molecule has 2 aliphatic carbocycles. The van der Waals surface area contributed by atoms with Gasteiger partial charge in [-0.1, -0.05) is 90.3 Å². The Bertz CT molecular complexity index is 561. The largest absolute Gasteiger partial charge is 0.0991 e. The summed E-state index contributed by atoms with van der Waals surface area (Å²) in [7, 11) is 0. The van der Waals surface area contributed by atoms with Crippen molar-refractivity contribution in [2.24, 2.45) is 47.3 Å². The van der Waals surface area contributed by atoms with Crippen LogP contribution in [0, 0.1) is 47.3 Å². The van der Waals surface area contributed by atoms with Crippen molar-refractivity contribution < 1.29 is 0 Å². The van der Waals surface area contributed by atoms with Crippen LogP contribution in [0.15, 0.2) is 36.0 Å². The summed E-state index contributed by atoms with van der Waals surface area (Å²) in [5.74, 6) is 6.67. The third kappa shape index (κ3) is 6.86. The van der Waals surface area contributed by atoms with Gasteiger partial charge in [-0.25, -0.2) is 0 Å². The minimum atomic E-state index is 0.767. The molecule has 0 bridgehead atoms. The second kappa shape index (κ2) is 11.6. The van der Waals surface area contributed by atoms with Crippen LogP contribution in [0.25, 0.3) is 0 Å². The Hall–Kier alpha value is -0.780. The summed E-state index contributed by atoms with van der Waals surface area (Å²) < 4.78 is 0. The highest BCUT2D eigenvalue weighted by molar-refractivity contribution is 5.18. The van der Waals surface area contributed by atoms with E-state index >= 15 is 0 Å². The number of rotatable bonds is 8. The molecule has 0 aromatic carbocycles. The van der Waals surface area contributed by atoms with Gasteiger partial charge in [-0.15, -0.1) is 0 Å². The van der Waals surface area contributed by atoms with Crippen LogP contribution >= 0.6 is 0 Å². The molecule has 0 aromatic heterocycles. The van der Waals surface area contributed by atoms with E-state index in [1.165, 1.54) is 51.4 Å². The quantitative estimate of drug-likeness (QED) is 0.282. The van der Waals surface area contributed by atoms with E-state index in [4.69, 9.17) is 0 Å². The van der Waals surface area contributed by atoms with E-state index in [0.29, 0.717) is 0 Å². The molecule has 2 aliphatic rings. The maximum atomic E-state index is 4.05. The van der Waals surface area contributed by atoms with E-state index in [9.17, 15) is 0 Å². The van der Waals surface area contributed by atoms with Gasteiger partial charge >= 0.3 is 0 Å². The standard InChI is InChI=1S/C29H50/c1-9-11-25(29-19-23(7)15-17-27(29)21(4)5)13-10-12-24(8)28-18-22(6)14-16-26(28)20(2)3/h9,11-12,20-23,26-29H,1,10,13-19H2,2-8H3. The maximum absolute atomic E-state index is 4.05. The first kappa shape index (κ1) is 24.5. The minimum Gasteiger partial charge on any atom is -0.0991 e. The molecule has 6 unspecified atom stereocenters. The molecule has 2 saturated carbocycles. The highest BCUT2D eigenvalue weighted by Gasteiger charge is 2.33. The fourth-order valence-electron chi connectivity index (χ4n) is 6.52. The Balaban J connectivity index is 2.07. The Morgan fingerprint density at radius 3 is 1.90 bits per heavy atom. The molecule has 0 N–H and O–H groups in total. The molecule has 0 aromatic rings. The minimum absolute atomic E-state index is 0.767. The highest BCUT2D eigenvalue weighted by Crippen LogP contribution is 2.44. The lowest BCUT2D eigenvalue weighted by Gasteiger charge is -2.39. The summed E-state index contributed by atoms with van der Waals surface area (Å²) >= 11 is 0. The predicted octanol–water partition coefficient (Wildman–Crippen LogP) is 9.24. The monoisotopic (exact) mass is 398 g/mol. The number of hydrogen-bond donors (Lipinski definition) is 0. The predicted molar refractivity (Wildman–Crippen MR) is 131 cm³/mol. The first-order valence-corrected chi connectivity index (χ1v) is 12.7. The molecule has 2 rings (SSSR count). The van der Waals surface area contributed by atoms with Gasteiger partial charge in [0.1, 0.15) is 0 Å². The van der Waals surface area contributed by atoms with Gasteiger partial charge in [-0.3, -0.25) is 0 Å². The van der Waals surface area contributed by atoms with Crippen LogP contribution in [0.5, 0.6) is 0 Å². The topological polar surface area (TPSA) is 0 Å². The molecule has 0 heterocycles. The normalized spacial score (nSPS) is 34.7.